The maximum absolute atomic E-state index is 12.0. The fourth-order valence-corrected chi connectivity index (χ4v) is 2.48. The Bertz CT molecular complexity index is 511. The largest absolute Gasteiger partial charge is 0.497 e. The van der Waals surface area contributed by atoms with Crippen LogP contribution >= 0.6 is 0 Å². The van der Waals surface area contributed by atoms with Crippen LogP contribution < -0.4 is 15.8 Å². The van der Waals surface area contributed by atoms with Crippen LogP contribution in [-0.4, -0.2) is 43.5 Å². The summed E-state index contributed by atoms with van der Waals surface area (Å²) in [5.41, 5.74) is 6.01. The number of carbonyl (C=O) groups is 2. The summed E-state index contributed by atoms with van der Waals surface area (Å²) in [5, 5.41) is 2.85. The minimum absolute atomic E-state index is 0.0531. The van der Waals surface area contributed by atoms with Crippen LogP contribution in [0, 0.1) is 5.92 Å². The first kappa shape index (κ1) is 15.3. The molecule has 0 aromatic heterocycles. The Balaban J connectivity index is 1.81. The molecule has 0 saturated carbocycles. The molecule has 1 heterocycles. The lowest BCUT2D eigenvalue weighted by Gasteiger charge is -2.29. The van der Waals surface area contributed by atoms with Crippen LogP contribution in [0.1, 0.15) is 12.8 Å². The van der Waals surface area contributed by atoms with Crippen molar-refractivity contribution in [3.8, 4) is 5.75 Å². The van der Waals surface area contributed by atoms with Gasteiger partial charge in [0.25, 0.3) is 0 Å². The number of hydrogen-bond acceptors (Lipinski definition) is 4. The second-order valence-electron chi connectivity index (χ2n) is 5.23. The summed E-state index contributed by atoms with van der Waals surface area (Å²) in [4.78, 5) is 25.1. The van der Waals surface area contributed by atoms with E-state index in [-0.39, 0.29) is 17.7 Å². The van der Waals surface area contributed by atoms with E-state index >= 15 is 0 Å². The Morgan fingerprint density at radius 1 is 1.38 bits per heavy atom. The molecule has 6 nitrogen and oxygen atoms in total. The summed E-state index contributed by atoms with van der Waals surface area (Å²) >= 11 is 0. The Kier molecular flexibility index (Phi) is 5.16. The standard InChI is InChI=1S/C15H21N3O3/c1-21-13-4-2-3-12(9-13)17-14(19)10-18-7-5-11(6-8-18)15(16)20/h2-4,9,11H,5-8,10H2,1H3,(H2,16,20)(H,17,19). The fraction of sp³-hybridized carbons (Fsp3) is 0.467. The highest BCUT2D eigenvalue weighted by molar-refractivity contribution is 5.92. The van der Waals surface area contributed by atoms with E-state index in [9.17, 15) is 9.59 Å². The summed E-state index contributed by atoms with van der Waals surface area (Å²) in [7, 11) is 1.59. The monoisotopic (exact) mass is 291 g/mol. The Morgan fingerprint density at radius 2 is 2.10 bits per heavy atom. The van der Waals surface area contributed by atoms with Crippen LogP contribution in [0.4, 0.5) is 5.69 Å². The van der Waals surface area contributed by atoms with Gasteiger partial charge in [0.2, 0.25) is 11.8 Å². The summed E-state index contributed by atoms with van der Waals surface area (Å²) in [5.74, 6) is 0.342. The highest BCUT2D eigenvalue weighted by Gasteiger charge is 2.24. The van der Waals surface area contributed by atoms with Crippen LogP contribution in [0.3, 0.4) is 0 Å². The highest BCUT2D eigenvalue weighted by Crippen LogP contribution is 2.18. The lowest BCUT2D eigenvalue weighted by atomic mass is 9.96. The van der Waals surface area contributed by atoms with Gasteiger partial charge in [0.1, 0.15) is 5.75 Å². The number of nitrogens with two attached hydrogens (primary N) is 1. The third-order valence-electron chi connectivity index (χ3n) is 3.71. The molecule has 1 aliphatic rings. The third-order valence-corrected chi connectivity index (χ3v) is 3.71. The van der Waals surface area contributed by atoms with Gasteiger partial charge in [-0.1, -0.05) is 6.07 Å². The molecule has 0 unspecified atom stereocenters. The van der Waals surface area contributed by atoms with Crippen molar-refractivity contribution in [2.24, 2.45) is 11.7 Å². The number of carbonyl (C=O) groups excluding carboxylic acids is 2. The number of ether oxygens (including phenoxy) is 1. The molecule has 1 fully saturated rings. The number of rotatable bonds is 5. The fourth-order valence-electron chi connectivity index (χ4n) is 2.48. The molecule has 0 atom stereocenters. The molecule has 0 spiro atoms. The molecule has 2 rings (SSSR count). The van der Waals surface area contributed by atoms with E-state index in [1.54, 1.807) is 13.2 Å². The summed E-state index contributed by atoms with van der Waals surface area (Å²) in [6.45, 7) is 1.76. The average molecular weight is 291 g/mol. The van der Waals surface area contributed by atoms with Crippen molar-refractivity contribution in [3.63, 3.8) is 0 Å². The van der Waals surface area contributed by atoms with Crippen molar-refractivity contribution in [3.05, 3.63) is 24.3 Å². The SMILES string of the molecule is COc1cccc(NC(=O)CN2CCC(C(N)=O)CC2)c1. The molecule has 1 aliphatic heterocycles. The van der Waals surface area contributed by atoms with Gasteiger partial charge in [-0.3, -0.25) is 14.5 Å². The van der Waals surface area contributed by atoms with Gasteiger partial charge in [-0.2, -0.15) is 0 Å². The smallest absolute Gasteiger partial charge is 0.238 e. The van der Waals surface area contributed by atoms with Gasteiger partial charge in [0.05, 0.1) is 13.7 Å². The van der Waals surface area contributed by atoms with Crippen molar-refractivity contribution in [1.82, 2.24) is 4.90 Å². The summed E-state index contributed by atoms with van der Waals surface area (Å²) in [6, 6.07) is 7.24. The van der Waals surface area contributed by atoms with Crippen LogP contribution in [0.25, 0.3) is 0 Å². The molecule has 1 saturated heterocycles. The number of primary amides is 1. The number of benzene rings is 1. The quantitative estimate of drug-likeness (QED) is 0.841. The molecule has 3 N–H and O–H groups in total. The number of methoxy groups -OCH3 is 1. The number of anilines is 1. The van der Waals surface area contributed by atoms with Crippen molar-refractivity contribution in [1.29, 1.82) is 0 Å². The van der Waals surface area contributed by atoms with Crippen LogP contribution in [0.5, 0.6) is 5.75 Å². The van der Waals surface area contributed by atoms with Gasteiger partial charge in [-0.15, -0.1) is 0 Å². The van der Waals surface area contributed by atoms with Crippen LogP contribution in [0.15, 0.2) is 24.3 Å². The summed E-state index contributed by atoms with van der Waals surface area (Å²) < 4.78 is 5.12. The van der Waals surface area contributed by atoms with Crippen molar-refractivity contribution >= 4 is 17.5 Å². The zero-order valence-electron chi connectivity index (χ0n) is 12.2. The molecule has 21 heavy (non-hydrogen) atoms. The molecule has 1 aromatic carbocycles. The second-order valence-corrected chi connectivity index (χ2v) is 5.23. The van der Waals surface area contributed by atoms with E-state index in [0.29, 0.717) is 18.0 Å². The zero-order chi connectivity index (χ0) is 15.2. The zero-order valence-corrected chi connectivity index (χ0v) is 12.2. The van der Waals surface area contributed by atoms with Crippen molar-refractivity contribution in [2.75, 3.05) is 32.1 Å². The lowest BCUT2D eigenvalue weighted by Crippen LogP contribution is -2.42. The normalized spacial score (nSPS) is 16.4. The minimum Gasteiger partial charge on any atom is -0.497 e. The molecular weight excluding hydrogens is 270 g/mol. The number of nitrogens with zero attached hydrogens (tertiary/aromatic N) is 1. The average Bonchev–Trinajstić information content (AvgIpc) is 2.47. The topological polar surface area (TPSA) is 84.7 Å². The second kappa shape index (κ2) is 7.08. The van der Waals surface area contributed by atoms with Gasteiger partial charge < -0.3 is 15.8 Å². The molecule has 6 heteroatoms. The Morgan fingerprint density at radius 3 is 2.71 bits per heavy atom. The van der Waals surface area contributed by atoms with Crippen molar-refractivity contribution < 1.29 is 14.3 Å². The first-order chi connectivity index (χ1) is 10.1. The van der Waals surface area contributed by atoms with E-state index in [1.807, 2.05) is 23.1 Å². The van der Waals surface area contributed by atoms with Gasteiger partial charge in [0.15, 0.2) is 0 Å². The minimum atomic E-state index is -0.240. The number of hydrogen-bond donors (Lipinski definition) is 2. The summed E-state index contributed by atoms with van der Waals surface area (Å²) in [6.07, 6.45) is 1.45. The molecule has 114 valence electrons. The number of piperidine rings is 1. The lowest BCUT2D eigenvalue weighted by molar-refractivity contribution is -0.123. The van der Waals surface area contributed by atoms with Crippen molar-refractivity contribution in [2.45, 2.75) is 12.8 Å². The van der Waals surface area contributed by atoms with Gasteiger partial charge >= 0.3 is 0 Å². The van der Waals surface area contributed by atoms with Crippen LogP contribution in [0.2, 0.25) is 0 Å². The van der Waals surface area contributed by atoms with Gasteiger partial charge in [-0.05, 0) is 38.1 Å². The molecule has 1 aromatic rings. The van der Waals surface area contributed by atoms with E-state index in [2.05, 4.69) is 5.32 Å². The maximum Gasteiger partial charge on any atom is 0.238 e. The Hall–Kier alpha value is -2.08. The highest BCUT2D eigenvalue weighted by atomic mass is 16.5. The first-order valence-electron chi connectivity index (χ1n) is 7.04. The van der Waals surface area contributed by atoms with Gasteiger partial charge in [0, 0.05) is 17.7 Å². The van der Waals surface area contributed by atoms with E-state index in [0.717, 1.165) is 25.9 Å². The van der Waals surface area contributed by atoms with E-state index in [1.165, 1.54) is 0 Å². The molecule has 0 bridgehead atoms. The van der Waals surface area contributed by atoms with Crippen LogP contribution in [-0.2, 0) is 9.59 Å². The molecule has 0 aliphatic carbocycles. The maximum atomic E-state index is 12.0. The molecular formula is C15H21N3O3. The molecule has 0 radical (unpaired) electrons. The predicted octanol–water partition coefficient (Wildman–Crippen LogP) is 0.831. The number of likely N-dealkylation sites (tertiary alicyclic amines) is 1. The van der Waals surface area contributed by atoms with E-state index < -0.39 is 0 Å². The number of amides is 2. The first-order valence-corrected chi connectivity index (χ1v) is 7.04. The van der Waals surface area contributed by atoms with E-state index in [4.69, 9.17) is 10.5 Å². The van der Waals surface area contributed by atoms with Gasteiger partial charge in [-0.25, -0.2) is 0 Å². The predicted molar refractivity (Wildman–Crippen MR) is 80.0 cm³/mol. The Labute approximate surface area is 124 Å². The molecule has 2 amide bonds. The third kappa shape index (κ3) is 4.46. The number of nitrogens with one attached hydrogen (secondary N) is 1.